The van der Waals surface area contributed by atoms with E-state index < -0.39 is 0 Å². The lowest BCUT2D eigenvalue weighted by atomic mass is 9.78. The first-order chi connectivity index (χ1) is 19.1. The van der Waals surface area contributed by atoms with E-state index in [1.54, 1.807) is 0 Å². The molecular weight excluding hydrogens is 468 g/mol. The molecule has 0 saturated heterocycles. The molecular formula is C39H26. The molecule has 0 radical (unpaired) electrons. The van der Waals surface area contributed by atoms with Crippen LogP contribution in [0.15, 0.2) is 121 Å². The van der Waals surface area contributed by atoms with Gasteiger partial charge >= 0.3 is 0 Å². The molecule has 0 N–H and O–H groups in total. The molecule has 0 spiro atoms. The van der Waals surface area contributed by atoms with Crippen LogP contribution in [0.2, 0.25) is 0 Å². The molecule has 0 aliphatic heterocycles. The minimum atomic E-state index is -0.103. The highest BCUT2D eigenvalue weighted by atomic mass is 14.4. The Morgan fingerprint density at radius 2 is 1.03 bits per heavy atom. The number of fused-ring (bicyclic) bond motifs is 8. The summed E-state index contributed by atoms with van der Waals surface area (Å²) in [6, 6.07) is 45.5. The van der Waals surface area contributed by atoms with Crippen molar-refractivity contribution in [1.29, 1.82) is 0 Å². The standard InChI is InChI=1S/C39H26/c1-39(2)34-22-26(27-19-16-25-15-14-23-8-7-9-24-17-20-31(27)36(25)35(23)24)18-21-33(34)37-30-12-5-3-10-28(30)29-11-4-6-13-32(29)38(37)39/h3-22H,1-2H3. The summed E-state index contributed by atoms with van der Waals surface area (Å²) in [4.78, 5) is 0. The van der Waals surface area contributed by atoms with Crippen LogP contribution < -0.4 is 0 Å². The molecule has 0 heterocycles. The summed E-state index contributed by atoms with van der Waals surface area (Å²) < 4.78 is 0. The minimum absolute atomic E-state index is 0.103. The Morgan fingerprint density at radius 1 is 0.436 bits per heavy atom. The van der Waals surface area contributed by atoms with Crippen LogP contribution >= 0.6 is 0 Å². The predicted octanol–water partition coefficient (Wildman–Crippen LogP) is 10.9. The summed E-state index contributed by atoms with van der Waals surface area (Å²) in [6.45, 7) is 4.82. The molecule has 0 heteroatoms. The molecule has 0 aromatic heterocycles. The molecule has 1 aliphatic rings. The van der Waals surface area contributed by atoms with Crippen LogP contribution in [-0.4, -0.2) is 0 Å². The fourth-order valence-electron chi connectivity index (χ4n) is 7.64. The first kappa shape index (κ1) is 21.3. The molecule has 1 aliphatic carbocycles. The van der Waals surface area contributed by atoms with E-state index >= 15 is 0 Å². The lowest BCUT2D eigenvalue weighted by Crippen LogP contribution is -2.15. The summed E-state index contributed by atoms with van der Waals surface area (Å²) in [5, 5.41) is 13.4. The van der Waals surface area contributed by atoms with Crippen molar-refractivity contribution in [3.8, 4) is 22.3 Å². The van der Waals surface area contributed by atoms with Gasteiger partial charge in [0.15, 0.2) is 0 Å². The van der Waals surface area contributed by atoms with Crippen molar-refractivity contribution in [2.75, 3.05) is 0 Å². The molecule has 0 saturated carbocycles. The van der Waals surface area contributed by atoms with Gasteiger partial charge in [-0.1, -0.05) is 129 Å². The topological polar surface area (TPSA) is 0 Å². The third kappa shape index (κ3) is 2.64. The highest BCUT2D eigenvalue weighted by molar-refractivity contribution is 6.25. The van der Waals surface area contributed by atoms with Crippen LogP contribution in [-0.2, 0) is 5.41 Å². The van der Waals surface area contributed by atoms with Crippen molar-refractivity contribution in [3.63, 3.8) is 0 Å². The molecule has 0 unspecified atom stereocenters. The molecule has 0 atom stereocenters. The van der Waals surface area contributed by atoms with Crippen LogP contribution in [0.5, 0.6) is 0 Å². The van der Waals surface area contributed by atoms with Crippen LogP contribution in [0.25, 0.3) is 76.1 Å². The van der Waals surface area contributed by atoms with E-state index in [1.807, 2.05) is 0 Å². The van der Waals surface area contributed by atoms with Crippen LogP contribution in [0, 0.1) is 0 Å². The molecule has 8 aromatic carbocycles. The van der Waals surface area contributed by atoms with Gasteiger partial charge in [-0.3, -0.25) is 0 Å². The van der Waals surface area contributed by atoms with Gasteiger partial charge in [0.1, 0.15) is 0 Å². The molecule has 0 bridgehead atoms. The Bertz CT molecular complexity index is 2280. The summed E-state index contributed by atoms with van der Waals surface area (Å²) in [6.07, 6.45) is 0. The summed E-state index contributed by atoms with van der Waals surface area (Å²) in [5.41, 5.74) is 8.16. The maximum Gasteiger partial charge on any atom is 0.0165 e. The summed E-state index contributed by atoms with van der Waals surface area (Å²) in [5.74, 6) is 0. The highest BCUT2D eigenvalue weighted by Crippen LogP contribution is 2.55. The molecule has 0 fully saturated rings. The van der Waals surface area contributed by atoms with Gasteiger partial charge in [-0.15, -0.1) is 0 Å². The van der Waals surface area contributed by atoms with Crippen molar-refractivity contribution in [2.45, 2.75) is 19.3 Å². The second kappa shape index (κ2) is 7.24. The van der Waals surface area contributed by atoms with Crippen LogP contribution in [0.4, 0.5) is 0 Å². The quantitative estimate of drug-likeness (QED) is 0.199. The fraction of sp³-hybridized carbons (Fsp3) is 0.0769. The maximum absolute atomic E-state index is 2.48. The maximum atomic E-state index is 2.48. The summed E-state index contributed by atoms with van der Waals surface area (Å²) >= 11 is 0. The van der Waals surface area contributed by atoms with Gasteiger partial charge in [0.25, 0.3) is 0 Å². The molecule has 0 nitrogen and oxygen atoms in total. The van der Waals surface area contributed by atoms with Crippen molar-refractivity contribution in [1.82, 2.24) is 0 Å². The van der Waals surface area contributed by atoms with Gasteiger partial charge in [0.2, 0.25) is 0 Å². The monoisotopic (exact) mass is 494 g/mol. The average Bonchev–Trinajstić information content (AvgIpc) is 3.22. The Labute approximate surface area is 227 Å². The number of benzene rings is 8. The average molecular weight is 495 g/mol. The predicted molar refractivity (Wildman–Crippen MR) is 168 cm³/mol. The largest absolute Gasteiger partial charge is 0.0616 e. The van der Waals surface area contributed by atoms with Crippen LogP contribution in [0.3, 0.4) is 0 Å². The molecule has 0 amide bonds. The second-order valence-electron chi connectivity index (χ2n) is 11.7. The zero-order chi connectivity index (χ0) is 25.9. The molecule has 182 valence electrons. The number of hydrogen-bond acceptors (Lipinski definition) is 0. The Hall–Kier alpha value is -4.68. The minimum Gasteiger partial charge on any atom is -0.0616 e. The van der Waals surface area contributed by atoms with Crippen LogP contribution in [0.1, 0.15) is 25.0 Å². The Morgan fingerprint density at radius 3 is 1.79 bits per heavy atom. The lowest BCUT2D eigenvalue weighted by Gasteiger charge is -2.24. The first-order valence-corrected chi connectivity index (χ1v) is 13.9. The normalized spacial score (nSPS) is 14.1. The lowest BCUT2D eigenvalue weighted by molar-refractivity contribution is 0.667. The van der Waals surface area contributed by atoms with E-state index in [-0.39, 0.29) is 5.41 Å². The van der Waals surface area contributed by atoms with Crippen molar-refractivity contribution >= 4 is 53.9 Å². The Kier molecular flexibility index (Phi) is 3.95. The van der Waals surface area contributed by atoms with Crippen molar-refractivity contribution < 1.29 is 0 Å². The number of rotatable bonds is 1. The fourth-order valence-corrected chi connectivity index (χ4v) is 7.64. The van der Waals surface area contributed by atoms with E-state index in [0.717, 1.165) is 0 Å². The zero-order valence-corrected chi connectivity index (χ0v) is 22.0. The highest BCUT2D eigenvalue weighted by Gasteiger charge is 2.38. The van der Waals surface area contributed by atoms with Crippen molar-refractivity contribution in [3.05, 3.63) is 132 Å². The van der Waals surface area contributed by atoms with E-state index in [0.29, 0.717) is 0 Å². The van der Waals surface area contributed by atoms with Crippen molar-refractivity contribution in [2.24, 2.45) is 0 Å². The van der Waals surface area contributed by atoms with E-state index in [9.17, 15) is 0 Å². The van der Waals surface area contributed by atoms with E-state index in [1.165, 1.54) is 87.2 Å². The van der Waals surface area contributed by atoms with Gasteiger partial charge in [-0.25, -0.2) is 0 Å². The molecule has 9 rings (SSSR count). The van der Waals surface area contributed by atoms with Gasteiger partial charge < -0.3 is 0 Å². The number of hydrogen-bond donors (Lipinski definition) is 0. The van der Waals surface area contributed by atoms with Gasteiger partial charge in [-0.2, -0.15) is 0 Å². The Balaban J connectivity index is 1.35. The smallest absolute Gasteiger partial charge is 0.0165 e. The molecule has 39 heavy (non-hydrogen) atoms. The van der Waals surface area contributed by atoms with Gasteiger partial charge in [0, 0.05) is 5.41 Å². The zero-order valence-electron chi connectivity index (χ0n) is 22.0. The third-order valence-electron chi connectivity index (χ3n) is 9.36. The third-order valence-corrected chi connectivity index (χ3v) is 9.36. The molecule has 8 aromatic rings. The first-order valence-electron chi connectivity index (χ1n) is 13.9. The van der Waals surface area contributed by atoms with E-state index in [4.69, 9.17) is 0 Å². The van der Waals surface area contributed by atoms with Gasteiger partial charge in [0.05, 0.1) is 0 Å². The summed E-state index contributed by atoms with van der Waals surface area (Å²) in [7, 11) is 0. The second-order valence-corrected chi connectivity index (χ2v) is 11.7. The SMILES string of the molecule is CC1(C)c2cc(-c3ccc4ccc5cccc6ccc3c4c56)ccc2-c2c1c1ccccc1c1ccccc21. The van der Waals surface area contributed by atoms with E-state index in [2.05, 4.69) is 135 Å². The van der Waals surface area contributed by atoms with Gasteiger partial charge in [-0.05, 0) is 93.3 Å².